The lowest BCUT2D eigenvalue weighted by Crippen LogP contribution is -2.19. The molecule has 3 nitrogen and oxygen atoms in total. The van der Waals surface area contributed by atoms with Crippen LogP contribution in [0.2, 0.25) is 0 Å². The Morgan fingerprint density at radius 1 is 1.39 bits per heavy atom. The number of hydrogen-bond acceptors (Lipinski definition) is 4. The molecule has 0 aliphatic rings. The van der Waals surface area contributed by atoms with Crippen LogP contribution in [0.5, 0.6) is 0 Å². The van der Waals surface area contributed by atoms with Crippen molar-refractivity contribution in [2.75, 3.05) is 6.61 Å². The number of hydrogen-bond donors (Lipinski definition) is 0. The highest BCUT2D eigenvalue weighted by Crippen LogP contribution is 2.24. The molecule has 1 atom stereocenters. The highest BCUT2D eigenvalue weighted by atomic mass is 32.1. The fourth-order valence-corrected chi connectivity index (χ4v) is 2.92. The zero-order valence-electron chi connectivity index (χ0n) is 10.7. The molecule has 0 amide bonds. The summed E-state index contributed by atoms with van der Waals surface area (Å²) in [5.41, 5.74) is 1.01. The number of rotatable bonds is 5. The van der Waals surface area contributed by atoms with E-state index < -0.39 is 0 Å². The quantitative estimate of drug-likeness (QED) is 0.776. The van der Waals surface area contributed by atoms with Gasteiger partial charge in [0.1, 0.15) is 0 Å². The van der Waals surface area contributed by atoms with E-state index in [1.165, 1.54) is 4.70 Å². The smallest absolute Gasteiger partial charge is 0.309 e. The highest BCUT2D eigenvalue weighted by molar-refractivity contribution is 7.18. The molecule has 0 saturated heterocycles. The molecule has 1 aromatic heterocycles. The second-order valence-corrected chi connectivity index (χ2v) is 5.25. The van der Waals surface area contributed by atoms with Crippen molar-refractivity contribution in [3.8, 4) is 0 Å². The maximum Gasteiger partial charge on any atom is 0.309 e. The molecule has 2 aromatic rings. The lowest BCUT2D eigenvalue weighted by Gasteiger charge is -2.11. The summed E-state index contributed by atoms with van der Waals surface area (Å²) in [6.07, 6.45) is 1.46. The van der Waals surface area contributed by atoms with Crippen molar-refractivity contribution in [3.05, 3.63) is 29.3 Å². The molecule has 1 unspecified atom stereocenters. The molecule has 0 fully saturated rings. The Bertz CT molecular complexity index is 502. The van der Waals surface area contributed by atoms with Crippen molar-refractivity contribution < 1.29 is 9.53 Å². The number of thiazole rings is 1. The van der Waals surface area contributed by atoms with Crippen LogP contribution in [0.4, 0.5) is 0 Å². The molecule has 2 rings (SSSR count). The molecule has 0 aliphatic carbocycles. The van der Waals surface area contributed by atoms with Gasteiger partial charge in [-0.15, -0.1) is 11.3 Å². The van der Waals surface area contributed by atoms with Crippen LogP contribution >= 0.6 is 11.3 Å². The number of benzene rings is 1. The van der Waals surface area contributed by atoms with Gasteiger partial charge in [-0.3, -0.25) is 4.79 Å². The third-order valence-corrected chi connectivity index (χ3v) is 3.93. The summed E-state index contributed by atoms with van der Waals surface area (Å²) in [7, 11) is 0. The molecule has 0 bridgehead atoms. The van der Waals surface area contributed by atoms with E-state index in [1.807, 2.05) is 32.0 Å². The number of fused-ring (bicyclic) bond motifs is 1. The predicted octanol–water partition coefficient (Wildman–Crippen LogP) is 3.43. The summed E-state index contributed by atoms with van der Waals surface area (Å²) >= 11 is 1.66. The Kier molecular flexibility index (Phi) is 4.31. The van der Waals surface area contributed by atoms with Gasteiger partial charge in [-0.1, -0.05) is 19.1 Å². The van der Waals surface area contributed by atoms with Gasteiger partial charge in [-0.05, 0) is 25.5 Å². The maximum atomic E-state index is 11.7. The first-order valence-corrected chi connectivity index (χ1v) is 7.07. The average Bonchev–Trinajstić information content (AvgIpc) is 2.78. The van der Waals surface area contributed by atoms with E-state index in [4.69, 9.17) is 4.74 Å². The van der Waals surface area contributed by atoms with Gasteiger partial charge in [0.05, 0.1) is 27.7 Å². The minimum Gasteiger partial charge on any atom is -0.466 e. The lowest BCUT2D eigenvalue weighted by atomic mass is 10.0. The van der Waals surface area contributed by atoms with Gasteiger partial charge in [-0.25, -0.2) is 4.98 Å². The van der Waals surface area contributed by atoms with Crippen LogP contribution < -0.4 is 0 Å². The van der Waals surface area contributed by atoms with Crippen LogP contribution in [-0.2, 0) is 16.0 Å². The maximum absolute atomic E-state index is 11.7. The minimum atomic E-state index is -0.112. The Morgan fingerprint density at radius 3 is 2.83 bits per heavy atom. The van der Waals surface area contributed by atoms with Gasteiger partial charge in [0.2, 0.25) is 0 Å². The fraction of sp³-hybridized carbons (Fsp3) is 0.429. The number of aromatic nitrogens is 1. The second-order valence-electron chi connectivity index (χ2n) is 4.14. The predicted molar refractivity (Wildman–Crippen MR) is 73.7 cm³/mol. The molecule has 4 heteroatoms. The van der Waals surface area contributed by atoms with Crippen LogP contribution in [0.15, 0.2) is 24.3 Å². The highest BCUT2D eigenvalue weighted by Gasteiger charge is 2.19. The Hall–Kier alpha value is -1.42. The second kappa shape index (κ2) is 5.96. The molecule has 0 radical (unpaired) electrons. The molecular formula is C14H17NO2S. The van der Waals surface area contributed by atoms with Gasteiger partial charge >= 0.3 is 5.97 Å². The van der Waals surface area contributed by atoms with Crippen LogP contribution in [0.25, 0.3) is 10.2 Å². The first-order chi connectivity index (χ1) is 8.74. The Morgan fingerprint density at radius 2 is 2.17 bits per heavy atom. The van der Waals surface area contributed by atoms with Crippen LogP contribution in [0.3, 0.4) is 0 Å². The molecule has 0 saturated carbocycles. The molecule has 1 aromatic carbocycles. The van der Waals surface area contributed by atoms with Crippen molar-refractivity contribution >= 4 is 27.5 Å². The zero-order valence-corrected chi connectivity index (χ0v) is 11.5. The Labute approximate surface area is 111 Å². The third kappa shape index (κ3) is 2.88. The van der Waals surface area contributed by atoms with E-state index in [9.17, 15) is 4.79 Å². The number of esters is 1. The summed E-state index contributed by atoms with van der Waals surface area (Å²) in [5, 5.41) is 1.01. The van der Waals surface area contributed by atoms with Crippen LogP contribution in [-0.4, -0.2) is 17.6 Å². The van der Waals surface area contributed by atoms with Gasteiger partial charge in [-0.2, -0.15) is 0 Å². The van der Waals surface area contributed by atoms with E-state index in [0.717, 1.165) is 16.9 Å². The normalized spacial score (nSPS) is 12.6. The summed E-state index contributed by atoms with van der Waals surface area (Å²) in [4.78, 5) is 16.3. The van der Waals surface area contributed by atoms with Crippen molar-refractivity contribution in [1.29, 1.82) is 0 Å². The molecule has 96 valence electrons. The molecular weight excluding hydrogens is 246 g/mol. The van der Waals surface area contributed by atoms with Crippen molar-refractivity contribution in [2.45, 2.75) is 26.7 Å². The molecule has 18 heavy (non-hydrogen) atoms. The van der Waals surface area contributed by atoms with E-state index in [1.54, 1.807) is 11.3 Å². The number of ether oxygens (including phenoxy) is 1. The topological polar surface area (TPSA) is 39.2 Å². The number of nitrogens with zero attached hydrogens (tertiary/aromatic N) is 1. The van der Waals surface area contributed by atoms with Crippen LogP contribution in [0.1, 0.15) is 25.3 Å². The first-order valence-electron chi connectivity index (χ1n) is 6.25. The largest absolute Gasteiger partial charge is 0.466 e. The Balaban J connectivity index is 2.13. The monoisotopic (exact) mass is 263 g/mol. The van der Waals surface area contributed by atoms with Gasteiger partial charge in [0.25, 0.3) is 0 Å². The van der Waals surface area contributed by atoms with Gasteiger partial charge in [0, 0.05) is 6.42 Å². The summed E-state index contributed by atoms with van der Waals surface area (Å²) in [6, 6.07) is 8.05. The van der Waals surface area contributed by atoms with E-state index >= 15 is 0 Å². The van der Waals surface area contributed by atoms with Crippen molar-refractivity contribution in [2.24, 2.45) is 5.92 Å². The SMILES string of the molecule is CCOC(=O)C(CC)Cc1nc2ccccc2s1. The molecule has 0 spiro atoms. The molecule has 0 N–H and O–H groups in total. The van der Waals surface area contributed by atoms with E-state index in [-0.39, 0.29) is 11.9 Å². The molecule has 1 heterocycles. The number of carbonyl (C=O) groups is 1. The van der Waals surface area contributed by atoms with Crippen molar-refractivity contribution in [3.63, 3.8) is 0 Å². The lowest BCUT2D eigenvalue weighted by molar-refractivity contribution is -0.148. The van der Waals surface area contributed by atoms with Crippen molar-refractivity contribution in [1.82, 2.24) is 4.98 Å². The fourth-order valence-electron chi connectivity index (χ4n) is 1.87. The van der Waals surface area contributed by atoms with Gasteiger partial charge < -0.3 is 4.74 Å². The zero-order chi connectivity index (χ0) is 13.0. The first kappa shape index (κ1) is 13.0. The standard InChI is InChI=1S/C14H17NO2S/c1-3-10(14(16)17-4-2)9-13-15-11-7-5-6-8-12(11)18-13/h5-8,10H,3-4,9H2,1-2H3. The van der Waals surface area contributed by atoms with Crippen LogP contribution in [0, 0.1) is 5.92 Å². The number of carbonyl (C=O) groups excluding carboxylic acids is 1. The number of para-hydroxylation sites is 1. The summed E-state index contributed by atoms with van der Waals surface area (Å²) in [6.45, 7) is 4.28. The summed E-state index contributed by atoms with van der Waals surface area (Å²) in [5.74, 6) is -0.190. The van der Waals surface area contributed by atoms with Gasteiger partial charge in [0.15, 0.2) is 0 Å². The third-order valence-electron chi connectivity index (χ3n) is 2.87. The minimum absolute atomic E-state index is 0.0782. The molecule has 0 aliphatic heterocycles. The van der Waals surface area contributed by atoms with E-state index in [0.29, 0.717) is 13.0 Å². The van der Waals surface area contributed by atoms with E-state index in [2.05, 4.69) is 11.1 Å². The average molecular weight is 263 g/mol. The summed E-state index contributed by atoms with van der Waals surface area (Å²) < 4.78 is 6.25.